The van der Waals surface area contributed by atoms with Crippen LogP contribution in [0.2, 0.25) is 0 Å². The van der Waals surface area contributed by atoms with Crippen LogP contribution in [0.5, 0.6) is 0 Å². The summed E-state index contributed by atoms with van der Waals surface area (Å²) < 4.78 is 6.00. The first-order valence-corrected chi connectivity index (χ1v) is 9.31. The van der Waals surface area contributed by atoms with E-state index in [0.717, 1.165) is 42.6 Å². The summed E-state index contributed by atoms with van der Waals surface area (Å²) in [6.07, 6.45) is 7.64. The second-order valence-corrected chi connectivity index (χ2v) is 7.23. The molecule has 1 aliphatic heterocycles. The van der Waals surface area contributed by atoms with E-state index in [4.69, 9.17) is 0 Å². The summed E-state index contributed by atoms with van der Waals surface area (Å²) in [5.74, 6) is 3.10. The number of imidazole rings is 1. The molecule has 4 rings (SSSR count). The first kappa shape index (κ1) is 17.5. The molecule has 0 saturated carbocycles. The lowest BCUT2D eigenvalue weighted by atomic mass is 9.97. The molecule has 1 aliphatic rings. The fraction of sp³-hybridized carbons (Fsp3) is 0.474. The standard InChI is InChI=1S/C19H25N7O/c1-14-20-8-11-25(14)13-17-21-22-18(24(17)3)15-6-4-10-26(12-15)19(27)16-7-5-9-23(16)2/h5,7-9,11,15H,4,6,10,12-13H2,1-3H3/t15-/m0/s1. The molecule has 4 heterocycles. The normalized spacial score (nSPS) is 17.4. The summed E-state index contributed by atoms with van der Waals surface area (Å²) in [5, 5.41) is 8.86. The Morgan fingerprint density at radius 2 is 2.11 bits per heavy atom. The molecule has 8 heteroatoms. The van der Waals surface area contributed by atoms with Crippen molar-refractivity contribution in [3.05, 3.63) is 53.9 Å². The fourth-order valence-electron chi connectivity index (χ4n) is 3.81. The van der Waals surface area contributed by atoms with Crippen molar-refractivity contribution in [2.24, 2.45) is 14.1 Å². The molecule has 1 atom stereocenters. The number of carbonyl (C=O) groups is 1. The van der Waals surface area contributed by atoms with Crippen molar-refractivity contribution >= 4 is 5.91 Å². The molecule has 8 nitrogen and oxygen atoms in total. The predicted octanol–water partition coefficient (Wildman–Crippen LogP) is 1.73. The largest absolute Gasteiger partial charge is 0.347 e. The third-order valence-corrected chi connectivity index (χ3v) is 5.47. The van der Waals surface area contributed by atoms with E-state index >= 15 is 0 Å². The Bertz CT molecular complexity index is 951. The SMILES string of the molecule is Cc1nccn1Cc1nnc([C@H]2CCCN(C(=O)c3cccn3C)C2)n1C. The molecular formula is C19H25N7O. The third kappa shape index (κ3) is 3.27. The van der Waals surface area contributed by atoms with Gasteiger partial charge in [0.2, 0.25) is 0 Å². The van der Waals surface area contributed by atoms with Crippen LogP contribution in [-0.2, 0) is 20.6 Å². The number of piperidine rings is 1. The minimum absolute atomic E-state index is 0.0867. The summed E-state index contributed by atoms with van der Waals surface area (Å²) in [6, 6.07) is 3.78. The number of likely N-dealkylation sites (tertiary alicyclic amines) is 1. The highest BCUT2D eigenvalue weighted by Crippen LogP contribution is 2.27. The summed E-state index contributed by atoms with van der Waals surface area (Å²) in [4.78, 5) is 19.1. The first-order chi connectivity index (χ1) is 13.0. The van der Waals surface area contributed by atoms with Crippen LogP contribution in [0.4, 0.5) is 0 Å². The van der Waals surface area contributed by atoms with Gasteiger partial charge in [0.1, 0.15) is 17.3 Å². The highest BCUT2D eigenvalue weighted by molar-refractivity contribution is 5.92. The monoisotopic (exact) mass is 367 g/mol. The summed E-state index contributed by atoms with van der Waals surface area (Å²) in [7, 11) is 3.91. The van der Waals surface area contributed by atoms with Gasteiger partial charge in [-0.15, -0.1) is 10.2 Å². The number of nitrogens with zero attached hydrogens (tertiary/aromatic N) is 7. The van der Waals surface area contributed by atoms with Crippen molar-refractivity contribution in [3.8, 4) is 0 Å². The van der Waals surface area contributed by atoms with Crippen molar-refractivity contribution in [2.45, 2.75) is 32.2 Å². The lowest BCUT2D eigenvalue weighted by Crippen LogP contribution is -2.40. The number of hydrogen-bond donors (Lipinski definition) is 0. The van der Waals surface area contributed by atoms with E-state index in [1.807, 2.05) is 55.0 Å². The first-order valence-electron chi connectivity index (χ1n) is 9.31. The van der Waals surface area contributed by atoms with E-state index < -0.39 is 0 Å². The molecule has 27 heavy (non-hydrogen) atoms. The highest BCUT2D eigenvalue weighted by Gasteiger charge is 2.29. The number of rotatable bonds is 4. The average Bonchev–Trinajstić information content (AvgIpc) is 3.37. The van der Waals surface area contributed by atoms with E-state index in [9.17, 15) is 4.79 Å². The van der Waals surface area contributed by atoms with Gasteiger partial charge in [0.15, 0.2) is 5.82 Å². The molecule has 0 N–H and O–H groups in total. The highest BCUT2D eigenvalue weighted by atomic mass is 16.2. The zero-order valence-electron chi connectivity index (χ0n) is 16.0. The lowest BCUT2D eigenvalue weighted by molar-refractivity contribution is 0.0693. The Morgan fingerprint density at radius 3 is 2.81 bits per heavy atom. The number of carbonyl (C=O) groups excluding carboxylic acids is 1. The molecule has 3 aromatic rings. The van der Waals surface area contributed by atoms with Gasteiger partial charge < -0.3 is 18.6 Å². The van der Waals surface area contributed by atoms with Crippen molar-refractivity contribution < 1.29 is 4.79 Å². The zero-order valence-corrected chi connectivity index (χ0v) is 16.0. The van der Waals surface area contributed by atoms with Crippen molar-refractivity contribution in [1.82, 2.24) is 33.8 Å². The molecule has 0 bridgehead atoms. The van der Waals surface area contributed by atoms with Gasteiger partial charge in [0, 0.05) is 51.7 Å². The van der Waals surface area contributed by atoms with Crippen LogP contribution in [-0.4, -0.2) is 52.8 Å². The Morgan fingerprint density at radius 1 is 1.26 bits per heavy atom. The Labute approximate surface area is 158 Å². The average molecular weight is 367 g/mol. The molecule has 0 radical (unpaired) electrons. The second-order valence-electron chi connectivity index (χ2n) is 7.23. The van der Waals surface area contributed by atoms with E-state index in [2.05, 4.69) is 24.3 Å². The van der Waals surface area contributed by atoms with Crippen LogP contribution >= 0.6 is 0 Å². The van der Waals surface area contributed by atoms with Crippen LogP contribution < -0.4 is 0 Å². The molecule has 0 spiro atoms. The topological polar surface area (TPSA) is 73.8 Å². The van der Waals surface area contributed by atoms with Gasteiger partial charge in [0.25, 0.3) is 5.91 Å². The quantitative estimate of drug-likeness (QED) is 0.704. The smallest absolute Gasteiger partial charge is 0.270 e. The van der Waals surface area contributed by atoms with Gasteiger partial charge >= 0.3 is 0 Å². The van der Waals surface area contributed by atoms with Gasteiger partial charge in [-0.1, -0.05) is 0 Å². The van der Waals surface area contributed by atoms with Gasteiger partial charge in [-0.05, 0) is 31.9 Å². The minimum Gasteiger partial charge on any atom is -0.347 e. The Balaban J connectivity index is 1.51. The van der Waals surface area contributed by atoms with Crippen LogP contribution in [0.15, 0.2) is 30.7 Å². The zero-order chi connectivity index (χ0) is 19.0. The van der Waals surface area contributed by atoms with E-state index in [-0.39, 0.29) is 11.8 Å². The summed E-state index contributed by atoms with van der Waals surface area (Å²) in [6.45, 7) is 4.10. The summed E-state index contributed by atoms with van der Waals surface area (Å²) >= 11 is 0. The second kappa shape index (κ2) is 7.02. The predicted molar refractivity (Wildman–Crippen MR) is 100 cm³/mol. The van der Waals surface area contributed by atoms with Gasteiger partial charge in [-0.3, -0.25) is 4.79 Å². The fourth-order valence-corrected chi connectivity index (χ4v) is 3.81. The third-order valence-electron chi connectivity index (χ3n) is 5.47. The Kier molecular flexibility index (Phi) is 4.55. The van der Waals surface area contributed by atoms with Crippen molar-refractivity contribution in [3.63, 3.8) is 0 Å². The molecule has 1 fully saturated rings. The van der Waals surface area contributed by atoms with Crippen LogP contribution in [0.1, 0.15) is 46.7 Å². The molecule has 142 valence electrons. The number of amides is 1. The van der Waals surface area contributed by atoms with Gasteiger partial charge in [0.05, 0.1) is 6.54 Å². The number of hydrogen-bond acceptors (Lipinski definition) is 4. The van der Waals surface area contributed by atoms with Crippen LogP contribution in [0.25, 0.3) is 0 Å². The number of aromatic nitrogens is 6. The maximum absolute atomic E-state index is 12.8. The molecule has 1 amide bonds. The maximum Gasteiger partial charge on any atom is 0.270 e. The molecule has 1 saturated heterocycles. The van der Waals surface area contributed by atoms with Gasteiger partial charge in [-0.25, -0.2) is 4.98 Å². The maximum atomic E-state index is 12.8. The van der Waals surface area contributed by atoms with Gasteiger partial charge in [-0.2, -0.15) is 0 Å². The molecule has 0 aliphatic carbocycles. The lowest BCUT2D eigenvalue weighted by Gasteiger charge is -2.32. The summed E-state index contributed by atoms with van der Waals surface area (Å²) in [5.41, 5.74) is 0.727. The van der Waals surface area contributed by atoms with E-state index in [0.29, 0.717) is 13.1 Å². The van der Waals surface area contributed by atoms with Crippen LogP contribution in [0.3, 0.4) is 0 Å². The van der Waals surface area contributed by atoms with Crippen molar-refractivity contribution in [2.75, 3.05) is 13.1 Å². The molecule has 0 aromatic carbocycles. The van der Waals surface area contributed by atoms with E-state index in [1.54, 1.807) is 6.20 Å². The van der Waals surface area contributed by atoms with Crippen LogP contribution in [0, 0.1) is 6.92 Å². The van der Waals surface area contributed by atoms with E-state index in [1.165, 1.54) is 0 Å². The minimum atomic E-state index is 0.0867. The van der Waals surface area contributed by atoms with Crippen molar-refractivity contribution in [1.29, 1.82) is 0 Å². The molecular weight excluding hydrogens is 342 g/mol. The molecule has 0 unspecified atom stereocenters. The Hall–Kier alpha value is -2.90. The number of aryl methyl sites for hydroxylation is 2. The molecule has 3 aromatic heterocycles.